The number of pyridine rings is 1. The fourth-order valence-electron chi connectivity index (χ4n) is 5.13. The third-order valence-electron chi connectivity index (χ3n) is 7.06. The number of alkyl halides is 3. The molecule has 3 aromatic rings. The second-order valence-electron chi connectivity index (χ2n) is 9.54. The summed E-state index contributed by atoms with van der Waals surface area (Å²) in [6.07, 6.45) is 4.93. The highest BCUT2D eigenvalue weighted by Crippen LogP contribution is 2.36. The largest absolute Gasteiger partial charge is 0.511 e. The fraction of sp³-hybridized carbons (Fsp3) is 0.370. The number of benzene rings is 2. The van der Waals surface area contributed by atoms with Gasteiger partial charge in [0.05, 0.1) is 12.2 Å². The van der Waals surface area contributed by atoms with Crippen LogP contribution in [0.4, 0.5) is 24.5 Å². The number of nitrogens with zero attached hydrogens (tertiary/aromatic N) is 3. The summed E-state index contributed by atoms with van der Waals surface area (Å²) in [5, 5.41) is 3.40. The molecule has 5 rings (SSSR count). The standard InChI is InChI=1S/C27H29F3N4O2S/c28-27(29,30)37(35,36)33-17-22-9-4-5-11-26(22)34(24(19-33)13-12-20-7-2-1-3-8-20)18-23-15-25-21(16-32-23)10-6-14-31-25/h1-5,7-9,11,15-16,24,31H,6,10,12-14,17-19H2. The molecule has 0 amide bonds. The normalized spacial score (nSPS) is 18.5. The van der Waals surface area contributed by atoms with Gasteiger partial charge in [-0.3, -0.25) is 4.98 Å². The van der Waals surface area contributed by atoms with Gasteiger partial charge in [-0.1, -0.05) is 48.5 Å². The van der Waals surface area contributed by atoms with Crippen molar-refractivity contribution < 1.29 is 21.6 Å². The summed E-state index contributed by atoms with van der Waals surface area (Å²) < 4.78 is 66.7. The number of hydrogen-bond donors (Lipinski definition) is 1. The molecule has 0 bridgehead atoms. The van der Waals surface area contributed by atoms with Crippen LogP contribution < -0.4 is 10.2 Å². The zero-order valence-electron chi connectivity index (χ0n) is 20.3. The average molecular weight is 531 g/mol. The minimum Gasteiger partial charge on any atom is -0.385 e. The Kier molecular flexibility index (Phi) is 7.13. The number of sulfonamides is 1. The lowest BCUT2D eigenvalue weighted by molar-refractivity contribution is -0.0492. The lowest BCUT2D eigenvalue weighted by Crippen LogP contribution is -2.47. The summed E-state index contributed by atoms with van der Waals surface area (Å²) in [7, 11) is -5.51. The number of aryl methyl sites for hydroxylation is 2. The predicted octanol–water partition coefficient (Wildman–Crippen LogP) is 5.11. The number of halogens is 3. The zero-order chi connectivity index (χ0) is 26.0. The van der Waals surface area contributed by atoms with Gasteiger partial charge in [0.1, 0.15) is 0 Å². The first-order valence-electron chi connectivity index (χ1n) is 12.4. The number of para-hydroxylation sites is 1. The van der Waals surface area contributed by atoms with Gasteiger partial charge in [-0.05, 0) is 54.5 Å². The Morgan fingerprint density at radius 3 is 2.57 bits per heavy atom. The molecule has 2 aliphatic rings. The van der Waals surface area contributed by atoms with Crippen LogP contribution in [0.5, 0.6) is 0 Å². The molecule has 1 atom stereocenters. The lowest BCUT2D eigenvalue weighted by atomic mass is 10.0. The van der Waals surface area contributed by atoms with Crippen LogP contribution in [0.1, 0.15) is 35.2 Å². The monoisotopic (exact) mass is 530 g/mol. The second-order valence-corrected chi connectivity index (χ2v) is 11.5. The fourth-order valence-corrected chi connectivity index (χ4v) is 6.10. The van der Waals surface area contributed by atoms with Gasteiger partial charge < -0.3 is 10.2 Å². The summed E-state index contributed by atoms with van der Waals surface area (Å²) in [6.45, 7) is 0.625. The van der Waals surface area contributed by atoms with E-state index in [-0.39, 0.29) is 13.1 Å². The number of anilines is 2. The Morgan fingerprint density at radius 2 is 1.78 bits per heavy atom. The van der Waals surface area contributed by atoms with E-state index in [1.807, 2.05) is 59.6 Å². The van der Waals surface area contributed by atoms with Crippen LogP contribution >= 0.6 is 0 Å². The van der Waals surface area contributed by atoms with Gasteiger partial charge in [0, 0.05) is 43.2 Å². The van der Waals surface area contributed by atoms with Gasteiger partial charge in [0.2, 0.25) is 0 Å². The minimum atomic E-state index is -5.51. The van der Waals surface area contributed by atoms with E-state index in [2.05, 4.69) is 10.3 Å². The molecule has 0 saturated carbocycles. The van der Waals surface area contributed by atoms with Crippen LogP contribution in [0, 0.1) is 0 Å². The lowest BCUT2D eigenvalue weighted by Gasteiger charge is -2.34. The Hall–Kier alpha value is -3.11. The van der Waals surface area contributed by atoms with E-state index in [0.717, 1.165) is 47.6 Å². The van der Waals surface area contributed by atoms with E-state index in [1.54, 1.807) is 12.1 Å². The van der Waals surface area contributed by atoms with Crippen molar-refractivity contribution >= 4 is 21.4 Å². The van der Waals surface area contributed by atoms with E-state index in [1.165, 1.54) is 0 Å². The zero-order valence-corrected chi connectivity index (χ0v) is 21.1. The number of nitrogens with one attached hydrogen (secondary N) is 1. The molecule has 2 aromatic carbocycles. The summed E-state index contributed by atoms with van der Waals surface area (Å²) in [6, 6.07) is 18.3. The summed E-state index contributed by atoms with van der Waals surface area (Å²) >= 11 is 0. The molecule has 37 heavy (non-hydrogen) atoms. The van der Waals surface area contributed by atoms with Crippen LogP contribution in [-0.4, -0.2) is 42.3 Å². The first kappa shape index (κ1) is 25.5. The molecule has 10 heteroatoms. The number of fused-ring (bicyclic) bond motifs is 2. The minimum absolute atomic E-state index is 0.271. The van der Waals surface area contributed by atoms with Crippen molar-refractivity contribution in [2.45, 2.75) is 50.3 Å². The van der Waals surface area contributed by atoms with E-state index >= 15 is 0 Å². The highest BCUT2D eigenvalue weighted by molar-refractivity contribution is 7.89. The molecule has 6 nitrogen and oxygen atoms in total. The molecule has 0 fully saturated rings. The Bertz CT molecular complexity index is 1350. The molecule has 0 saturated heterocycles. The molecule has 0 aliphatic carbocycles. The van der Waals surface area contributed by atoms with Crippen molar-refractivity contribution in [3.05, 3.63) is 89.2 Å². The maximum absolute atomic E-state index is 13.6. The van der Waals surface area contributed by atoms with Crippen LogP contribution in [0.25, 0.3) is 0 Å². The number of rotatable bonds is 6. The van der Waals surface area contributed by atoms with Gasteiger partial charge in [0.15, 0.2) is 0 Å². The van der Waals surface area contributed by atoms with Crippen LogP contribution in [0.3, 0.4) is 0 Å². The summed E-state index contributed by atoms with van der Waals surface area (Å²) in [5.41, 5.74) is -0.106. The quantitative estimate of drug-likeness (QED) is 0.480. The van der Waals surface area contributed by atoms with Crippen molar-refractivity contribution in [3.63, 3.8) is 0 Å². The van der Waals surface area contributed by atoms with Crippen molar-refractivity contribution in [2.75, 3.05) is 23.3 Å². The van der Waals surface area contributed by atoms with Crippen molar-refractivity contribution in [1.29, 1.82) is 0 Å². The predicted molar refractivity (Wildman–Crippen MR) is 138 cm³/mol. The first-order valence-corrected chi connectivity index (χ1v) is 13.8. The van der Waals surface area contributed by atoms with E-state index in [9.17, 15) is 21.6 Å². The molecule has 1 unspecified atom stereocenters. The molecular formula is C27H29F3N4O2S. The van der Waals surface area contributed by atoms with Crippen molar-refractivity contribution in [1.82, 2.24) is 9.29 Å². The Labute approximate surface area is 215 Å². The second kappa shape index (κ2) is 10.3. The molecule has 0 spiro atoms. The van der Waals surface area contributed by atoms with Crippen molar-refractivity contribution in [3.8, 4) is 0 Å². The maximum Gasteiger partial charge on any atom is 0.511 e. The van der Waals surface area contributed by atoms with Gasteiger partial charge >= 0.3 is 15.5 Å². The van der Waals surface area contributed by atoms with Gasteiger partial charge in [-0.2, -0.15) is 17.5 Å². The van der Waals surface area contributed by atoms with Crippen LogP contribution in [0.15, 0.2) is 66.9 Å². The van der Waals surface area contributed by atoms with Gasteiger partial charge in [-0.25, -0.2) is 8.42 Å². The SMILES string of the molecule is O=S(=O)(N1Cc2ccccc2N(Cc2cc3c(cn2)CCCN3)C(CCc2ccccc2)C1)C(F)(F)F. The molecule has 0 radical (unpaired) electrons. The average Bonchev–Trinajstić information content (AvgIpc) is 3.04. The topological polar surface area (TPSA) is 65.5 Å². The molecule has 1 N–H and O–H groups in total. The summed E-state index contributed by atoms with van der Waals surface area (Å²) in [4.78, 5) is 6.69. The van der Waals surface area contributed by atoms with Gasteiger partial charge in [-0.15, -0.1) is 0 Å². The molecule has 1 aromatic heterocycles. The van der Waals surface area contributed by atoms with Gasteiger partial charge in [0.25, 0.3) is 0 Å². The smallest absolute Gasteiger partial charge is 0.385 e. The first-order chi connectivity index (χ1) is 17.7. The molecule has 196 valence electrons. The van der Waals surface area contributed by atoms with E-state index < -0.39 is 21.6 Å². The van der Waals surface area contributed by atoms with Crippen LogP contribution in [-0.2, 0) is 36.0 Å². The molecule has 2 aliphatic heterocycles. The Balaban J connectivity index is 1.53. The maximum atomic E-state index is 13.6. The summed E-state index contributed by atoms with van der Waals surface area (Å²) in [5.74, 6) is 0. The number of aromatic nitrogens is 1. The third kappa shape index (κ3) is 5.45. The third-order valence-corrected chi connectivity index (χ3v) is 8.60. The van der Waals surface area contributed by atoms with E-state index in [4.69, 9.17) is 0 Å². The highest BCUT2D eigenvalue weighted by Gasteiger charge is 2.51. The van der Waals surface area contributed by atoms with Crippen LogP contribution in [0.2, 0.25) is 0 Å². The van der Waals surface area contributed by atoms with E-state index in [0.29, 0.717) is 29.3 Å². The highest BCUT2D eigenvalue weighted by atomic mass is 32.2. The Morgan fingerprint density at radius 1 is 1.03 bits per heavy atom. The molecule has 3 heterocycles. The number of hydrogen-bond acceptors (Lipinski definition) is 5. The molecular weight excluding hydrogens is 501 g/mol. The van der Waals surface area contributed by atoms with Crippen molar-refractivity contribution in [2.24, 2.45) is 0 Å².